The first-order chi connectivity index (χ1) is 9.47. The van der Waals surface area contributed by atoms with Gasteiger partial charge in [-0.2, -0.15) is 0 Å². The van der Waals surface area contributed by atoms with Gasteiger partial charge in [0, 0.05) is 19.6 Å². The molecule has 0 amide bonds. The first-order valence-electron chi connectivity index (χ1n) is 7.27. The van der Waals surface area contributed by atoms with Gasteiger partial charge in [-0.1, -0.05) is 32.9 Å². The Kier molecular flexibility index (Phi) is 6.65. The molecular weight excluding hydrogens is 272 g/mol. The summed E-state index contributed by atoms with van der Waals surface area (Å²) in [6, 6.07) is 7.47. The summed E-state index contributed by atoms with van der Waals surface area (Å²) in [7, 11) is -1.76. The smallest absolute Gasteiger partial charge is 0.242 e. The number of hydrogen-bond donors (Lipinski definition) is 1. The number of nitrogens with zero attached hydrogens (tertiary/aromatic N) is 1. The van der Waals surface area contributed by atoms with Gasteiger partial charge in [0.05, 0.1) is 4.90 Å². The van der Waals surface area contributed by atoms with Gasteiger partial charge in [0.2, 0.25) is 10.0 Å². The van der Waals surface area contributed by atoms with Crippen LogP contribution in [0, 0.1) is 0 Å². The molecule has 1 atom stereocenters. The highest BCUT2D eigenvalue weighted by molar-refractivity contribution is 7.89. The minimum absolute atomic E-state index is 0.206. The van der Waals surface area contributed by atoms with Crippen molar-refractivity contribution in [1.29, 1.82) is 0 Å². The molecule has 0 saturated heterocycles. The van der Waals surface area contributed by atoms with Crippen LogP contribution in [0.4, 0.5) is 0 Å². The van der Waals surface area contributed by atoms with E-state index in [-0.39, 0.29) is 6.04 Å². The zero-order valence-electron chi connectivity index (χ0n) is 12.9. The molecule has 5 heteroatoms. The fraction of sp³-hybridized carbons (Fsp3) is 0.600. The van der Waals surface area contributed by atoms with Gasteiger partial charge in [0.1, 0.15) is 0 Å². The van der Waals surface area contributed by atoms with Crippen molar-refractivity contribution in [1.82, 2.24) is 9.62 Å². The molecule has 4 nitrogen and oxygen atoms in total. The summed E-state index contributed by atoms with van der Waals surface area (Å²) >= 11 is 0. The van der Waals surface area contributed by atoms with E-state index in [0.29, 0.717) is 11.4 Å². The number of rotatable bonds is 8. The highest BCUT2D eigenvalue weighted by Gasteiger charge is 2.20. The van der Waals surface area contributed by atoms with Gasteiger partial charge in [-0.25, -0.2) is 12.7 Å². The van der Waals surface area contributed by atoms with Crippen LogP contribution in [-0.4, -0.2) is 32.9 Å². The van der Waals surface area contributed by atoms with Gasteiger partial charge < -0.3 is 5.32 Å². The molecule has 0 radical (unpaired) electrons. The molecule has 0 spiro atoms. The van der Waals surface area contributed by atoms with Crippen molar-refractivity contribution in [3.63, 3.8) is 0 Å². The molecule has 1 unspecified atom stereocenters. The van der Waals surface area contributed by atoms with E-state index in [2.05, 4.69) is 19.2 Å². The van der Waals surface area contributed by atoms with Crippen LogP contribution in [0.3, 0.4) is 0 Å². The molecule has 20 heavy (non-hydrogen) atoms. The van der Waals surface area contributed by atoms with Crippen molar-refractivity contribution in [2.45, 2.75) is 44.6 Å². The van der Waals surface area contributed by atoms with E-state index in [1.165, 1.54) is 4.31 Å². The summed E-state index contributed by atoms with van der Waals surface area (Å²) in [6.07, 6.45) is 2.00. The summed E-state index contributed by atoms with van der Waals surface area (Å²) in [5, 5.41) is 3.45. The Morgan fingerprint density at radius 3 is 2.50 bits per heavy atom. The zero-order valence-corrected chi connectivity index (χ0v) is 13.7. The first kappa shape index (κ1) is 17.1. The van der Waals surface area contributed by atoms with E-state index in [1.807, 2.05) is 19.1 Å². The molecule has 0 aromatic heterocycles. The lowest BCUT2D eigenvalue weighted by Crippen LogP contribution is -2.27. The van der Waals surface area contributed by atoms with Gasteiger partial charge in [-0.15, -0.1) is 0 Å². The second kappa shape index (κ2) is 7.76. The van der Waals surface area contributed by atoms with Crippen molar-refractivity contribution in [2.75, 3.05) is 20.1 Å². The second-order valence-electron chi connectivity index (χ2n) is 4.91. The standard InChI is InChI=1S/C15H26N2O2S/c1-5-11-16-15(6-2)13-9-8-10-14(12-13)20(18,19)17(4)7-3/h8-10,12,15-16H,5-7,11H2,1-4H3. The van der Waals surface area contributed by atoms with E-state index in [1.54, 1.807) is 19.2 Å². The van der Waals surface area contributed by atoms with E-state index in [9.17, 15) is 8.42 Å². The van der Waals surface area contributed by atoms with Crippen LogP contribution in [0.15, 0.2) is 29.2 Å². The molecule has 1 N–H and O–H groups in total. The lowest BCUT2D eigenvalue weighted by molar-refractivity contribution is 0.485. The fourth-order valence-electron chi connectivity index (χ4n) is 2.06. The van der Waals surface area contributed by atoms with Crippen molar-refractivity contribution < 1.29 is 8.42 Å². The summed E-state index contributed by atoms with van der Waals surface area (Å²) in [6.45, 7) is 7.46. The Bertz CT molecular complexity index is 514. The fourth-order valence-corrected chi connectivity index (χ4v) is 3.29. The van der Waals surface area contributed by atoms with Crippen molar-refractivity contribution in [3.8, 4) is 0 Å². The normalized spacial score (nSPS) is 13.7. The highest BCUT2D eigenvalue weighted by Crippen LogP contribution is 2.22. The lowest BCUT2D eigenvalue weighted by Gasteiger charge is -2.19. The van der Waals surface area contributed by atoms with Crippen LogP contribution in [0.25, 0.3) is 0 Å². The molecule has 1 aromatic rings. The molecule has 0 heterocycles. The Hall–Kier alpha value is -0.910. The number of sulfonamides is 1. The number of benzene rings is 1. The number of hydrogen-bond acceptors (Lipinski definition) is 3. The van der Waals surface area contributed by atoms with Crippen LogP contribution in [-0.2, 0) is 10.0 Å². The van der Waals surface area contributed by atoms with E-state index < -0.39 is 10.0 Å². The molecular formula is C15H26N2O2S. The Labute approximate surface area is 123 Å². The van der Waals surface area contributed by atoms with Gasteiger partial charge in [-0.05, 0) is 37.1 Å². The average Bonchev–Trinajstić information content (AvgIpc) is 2.47. The monoisotopic (exact) mass is 298 g/mol. The maximum atomic E-state index is 12.3. The highest BCUT2D eigenvalue weighted by atomic mass is 32.2. The minimum atomic E-state index is -3.37. The zero-order chi connectivity index (χ0) is 15.2. The predicted molar refractivity (Wildman–Crippen MR) is 83.3 cm³/mol. The second-order valence-corrected chi connectivity index (χ2v) is 6.95. The maximum Gasteiger partial charge on any atom is 0.242 e. The SMILES string of the molecule is CCCNC(CC)c1cccc(S(=O)(=O)N(C)CC)c1. The van der Waals surface area contributed by atoms with Crippen molar-refractivity contribution in [3.05, 3.63) is 29.8 Å². The molecule has 1 rings (SSSR count). The molecule has 0 aliphatic carbocycles. The molecule has 0 fully saturated rings. The first-order valence-corrected chi connectivity index (χ1v) is 8.71. The van der Waals surface area contributed by atoms with Crippen LogP contribution < -0.4 is 5.32 Å². The largest absolute Gasteiger partial charge is 0.310 e. The Balaban J connectivity index is 3.06. The van der Waals surface area contributed by atoms with Crippen LogP contribution in [0.1, 0.15) is 45.2 Å². The third-order valence-corrected chi connectivity index (χ3v) is 5.39. The van der Waals surface area contributed by atoms with Gasteiger partial charge >= 0.3 is 0 Å². The third-order valence-electron chi connectivity index (χ3n) is 3.46. The minimum Gasteiger partial charge on any atom is -0.310 e. The molecule has 0 saturated carbocycles. The van der Waals surface area contributed by atoms with Gasteiger partial charge in [-0.3, -0.25) is 0 Å². The van der Waals surface area contributed by atoms with Gasteiger partial charge in [0.25, 0.3) is 0 Å². The summed E-state index contributed by atoms with van der Waals surface area (Å²) in [4.78, 5) is 0.371. The van der Waals surface area contributed by atoms with Crippen LogP contribution in [0.5, 0.6) is 0 Å². The molecule has 0 bridgehead atoms. The molecule has 0 aliphatic heterocycles. The van der Waals surface area contributed by atoms with E-state index in [0.717, 1.165) is 24.9 Å². The summed E-state index contributed by atoms with van der Waals surface area (Å²) in [5.74, 6) is 0. The maximum absolute atomic E-state index is 12.3. The Morgan fingerprint density at radius 1 is 1.25 bits per heavy atom. The topological polar surface area (TPSA) is 49.4 Å². The average molecular weight is 298 g/mol. The van der Waals surface area contributed by atoms with Gasteiger partial charge in [0.15, 0.2) is 0 Å². The van der Waals surface area contributed by atoms with E-state index in [4.69, 9.17) is 0 Å². The van der Waals surface area contributed by atoms with Crippen LogP contribution >= 0.6 is 0 Å². The number of nitrogens with one attached hydrogen (secondary N) is 1. The van der Waals surface area contributed by atoms with E-state index >= 15 is 0 Å². The molecule has 114 valence electrons. The van der Waals surface area contributed by atoms with Crippen molar-refractivity contribution >= 4 is 10.0 Å². The Morgan fingerprint density at radius 2 is 1.95 bits per heavy atom. The summed E-state index contributed by atoms with van der Waals surface area (Å²) < 4.78 is 26.1. The third kappa shape index (κ3) is 4.04. The summed E-state index contributed by atoms with van der Waals surface area (Å²) in [5.41, 5.74) is 1.03. The molecule has 0 aliphatic rings. The van der Waals surface area contributed by atoms with Crippen molar-refractivity contribution in [2.24, 2.45) is 0 Å². The quantitative estimate of drug-likeness (QED) is 0.803. The predicted octanol–water partition coefficient (Wildman–Crippen LogP) is 2.78. The van der Waals surface area contributed by atoms with Crippen LogP contribution in [0.2, 0.25) is 0 Å². The lowest BCUT2D eigenvalue weighted by atomic mass is 10.0. The molecule has 1 aromatic carbocycles.